The monoisotopic (exact) mass is 585 g/mol. The van der Waals surface area contributed by atoms with Crippen LogP contribution >= 0.6 is 7.14 Å². The van der Waals surface area contributed by atoms with Crippen LogP contribution in [0, 0.1) is 12.7 Å². The van der Waals surface area contributed by atoms with Gasteiger partial charge in [-0.1, -0.05) is 32.0 Å². The highest BCUT2D eigenvalue weighted by Crippen LogP contribution is 2.53. The molecule has 1 heterocycles. The molecule has 0 aliphatic heterocycles. The predicted molar refractivity (Wildman–Crippen MR) is 158 cm³/mol. The number of hydrogen-bond donors (Lipinski definition) is 0. The first-order valence-corrected chi connectivity index (χ1v) is 16.0. The van der Waals surface area contributed by atoms with Crippen molar-refractivity contribution in [2.24, 2.45) is 0 Å². The molecule has 6 nitrogen and oxygen atoms in total. The van der Waals surface area contributed by atoms with Crippen molar-refractivity contribution in [1.82, 2.24) is 14.5 Å². The van der Waals surface area contributed by atoms with Gasteiger partial charge in [0.1, 0.15) is 17.3 Å². The van der Waals surface area contributed by atoms with Crippen molar-refractivity contribution in [2.75, 3.05) is 27.4 Å². The Labute approximate surface area is 238 Å². The second-order valence-corrected chi connectivity index (χ2v) is 14.5. The minimum absolute atomic E-state index is 0.159. The van der Waals surface area contributed by atoms with Crippen molar-refractivity contribution in [3.63, 3.8) is 0 Å². The average Bonchev–Trinajstić information content (AvgIpc) is 3.26. The zero-order chi connectivity index (χ0) is 30.2. The third-order valence-electron chi connectivity index (χ3n) is 7.62. The molecule has 4 rings (SSSR count). The number of alkyl halides is 2. The third-order valence-corrected chi connectivity index (χ3v) is 9.77. The Kier molecular flexibility index (Phi) is 8.81. The highest BCUT2D eigenvalue weighted by atomic mass is 31.2. The van der Waals surface area contributed by atoms with Gasteiger partial charge in [0, 0.05) is 11.2 Å². The Hall–Kier alpha value is -3.42. The molecule has 0 radical (unpaired) electrons. The van der Waals surface area contributed by atoms with Gasteiger partial charge in [-0.3, -0.25) is 14.3 Å². The van der Waals surface area contributed by atoms with Crippen molar-refractivity contribution < 1.29 is 27.3 Å². The number of imidazole rings is 1. The maximum atomic E-state index is 15.4. The molecule has 0 saturated heterocycles. The van der Waals surface area contributed by atoms with Gasteiger partial charge in [-0.25, -0.2) is 9.37 Å². The van der Waals surface area contributed by atoms with Crippen molar-refractivity contribution in [3.05, 3.63) is 76.9 Å². The summed E-state index contributed by atoms with van der Waals surface area (Å²) in [5.74, 6) is -0.0611. The van der Waals surface area contributed by atoms with E-state index in [0.29, 0.717) is 46.3 Å². The summed E-state index contributed by atoms with van der Waals surface area (Å²) in [6.07, 6.45) is 1.25. The van der Waals surface area contributed by atoms with Gasteiger partial charge in [-0.2, -0.15) is 8.78 Å². The van der Waals surface area contributed by atoms with E-state index in [1.165, 1.54) is 24.3 Å². The minimum Gasteiger partial charge on any atom is -0.433 e. The number of benzene rings is 3. The topological polar surface area (TPSA) is 64.4 Å². The van der Waals surface area contributed by atoms with Gasteiger partial charge >= 0.3 is 6.61 Å². The van der Waals surface area contributed by atoms with E-state index < -0.39 is 25.2 Å². The van der Waals surface area contributed by atoms with Crippen molar-refractivity contribution in [1.29, 1.82) is 0 Å². The second kappa shape index (κ2) is 11.8. The van der Waals surface area contributed by atoms with Gasteiger partial charge in [0.25, 0.3) is 0 Å². The molecule has 1 aromatic heterocycles. The van der Waals surface area contributed by atoms with Gasteiger partial charge in [-0.05, 0) is 93.4 Å². The van der Waals surface area contributed by atoms with Crippen LogP contribution in [0.25, 0.3) is 27.8 Å². The van der Waals surface area contributed by atoms with Crippen molar-refractivity contribution in [3.8, 4) is 22.6 Å². The Morgan fingerprint density at radius 3 is 2.41 bits per heavy atom. The van der Waals surface area contributed by atoms with Crippen molar-refractivity contribution >= 4 is 24.5 Å². The number of carbonyl (C=O) groups excluding carboxylic acids is 1. The minimum atomic E-state index is -3.10. The van der Waals surface area contributed by atoms with Crippen molar-refractivity contribution in [2.45, 2.75) is 45.5 Å². The second-order valence-electron chi connectivity index (χ2n) is 10.9. The lowest BCUT2D eigenvalue weighted by Crippen LogP contribution is -2.23. The summed E-state index contributed by atoms with van der Waals surface area (Å²) in [7, 11) is 1.21. The fourth-order valence-electron chi connectivity index (χ4n) is 5.23. The van der Waals surface area contributed by atoms with Gasteiger partial charge in [-0.15, -0.1) is 0 Å². The largest absolute Gasteiger partial charge is 0.433 e. The molecule has 0 bridgehead atoms. The fraction of sp³-hybridized carbons (Fsp3) is 0.355. The van der Waals surface area contributed by atoms with E-state index in [1.807, 2.05) is 45.0 Å². The SMILES string of the molecule is CCC(c1nc2ccc(-c3cc(F)c(C(C)P(C)(C)=O)cc3C)cc2n1-c1c(C=O)cccc1OC(F)F)N(C)C. The molecule has 41 heavy (non-hydrogen) atoms. The summed E-state index contributed by atoms with van der Waals surface area (Å²) in [6, 6.07) is 12.8. The number of halogens is 3. The van der Waals surface area contributed by atoms with E-state index >= 15 is 4.39 Å². The number of ether oxygens (including phenoxy) is 1. The van der Waals surface area contributed by atoms with Crippen LogP contribution in [0.3, 0.4) is 0 Å². The number of aldehydes is 1. The molecule has 0 aliphatic rings. The molecule has 0 amide bonds. The summed E-state index contributed by atoms with van der Waals surface area (Å²) in [6.45, 7) is 5.81. The predicted octanol–water partition coefficient (Wildman–Crippen LogP) is 8.25. The third kappa shape index (κ3) is 5.97. The first kappa shape index (κ1) is 30.5. The van der Waals surface area contributed by atoms with Crippen LogP contribution in [-0.4, -0.2) is 54.8 Å². The zero-order valence-corrected chi connectivity index (χ0v) is 25.2. The van der Waals surface area contributed by atoms with Gasteiger partial charge in [0.15, 0.2) is 12.0 Å². The lowest BCUT2D eigenvalue weighted by molar-refractivity contribution is -0.0498. The fourth-order valence-corrected chi connectivity index (χ4v) is 6.10. The first-order valence-electron chi connectivity index (χ1n) is 13.4. The van der Waals surface area contributed by atoms with Gasteiger partial charge < -0.3 is 9.30 Å². The number of aryl methyl sites for hydroxylation is 1. The maximum absolute atomic E-state index is 15.4. The lowest BCUT2D eigenvalue weighted by Gasteiger charge is -2.25. The Morgan fingerprint density at radius 2 is 1.83 bits per heavy atom. The highest BCUT2D eigenvalue weighted by Gasteiger charge is 2.27. The Bertz CT molecular complexity index is 1640. The molecule has 0 fully saturated rings. The van der Waals surface area contributed by atoms with E-state index in [4.69, 9.17) is 9.72 Å². The number of aromatic nitrogens is 2. The van der Waals surface area contributed by atoms with Crippen LogP contribution in [0.15, 0.2) is 48.5 Å². The molecule has 0 N–H and O–H groups in total. The summed E-state index contributed by atoms with van der Waals surface area (Å²) >= 11 is 0. The molecular weight excluding hydrogens is 550 g/mol. The van der Waals surface area contributed by atoms with E-state index in [0.717, 1.165) is 5.56 Å². The van der Waals surface area contributed by atoms with Crippen LogP contribution in [0.4, 0.5) is 13.2 Å². The molecule has 0 spiro atoms. The van der Waals surface area contributed by atoms with E-state index in [-0.39, 0.29) is 23.0 Å². The van der Waals surface area contributed by atoms with E-state index in [9.17, 15) is 18.1 Å². The molecule has 0 aliphatic carbocycles. The van der Waals surface area contributed by atoms with Crippen LogP contribution in [-0.2, 0) is 4.57 Å². The Balaban J connectivity index is 2.03. The molecular formula is C31H35F3N3O3P. The lowest BCUT2D eigenvalue weighted by atomic mass is 9.96. The summed E-state index contributed by atoms with van der Waals surface area (Å²) < 4.78 is 61.6. The number of rotatable bonds is 10. The smallest absolute Gasteiger partial charge is 0.387 e. The van der Waals surface area contributed by atoms with Gasteiger partial charge in [0.05, 0.1) is 24.2 Å². The van der Waals surface area contributed by atoms with E-state index in [1.54, 1.807) is 37.0 Å². The number of nitrogens with zero attached hydrogens (tertiary/aromatic N) is 3. The van der Waals surface area contributed by atoms with Crippen LogP contribution in [0.2, 0.25) is 0 Å². The molecule has 0 saturated carbocycles. The van der Waals surface area contributed by atoms with Crippen LogP contribution < -0.4 is 4.74 Å². The quantitative estimate of drug-likeness (QED) is 0.139. The molecule has 10 heteroatoms. The summed E-state index contributed by atoms with van der Waals surface area (Å²) in [5, 5.41) is 0. The number of carbonyl (C=O) groups is 1. The summed E-state index contributed by atoms with van der Waals surface area (Å²) in [5.41, 5.74) is 3.51. The number of fused-ring (bicyclic) bond motifs is 1. The average molecular weight is 586 g/mol. The summed E-state index contributed by atoms with van der Waals surface area (Å²) in [4.78, 5) is 19.0. The Morgan fingerprint density at radius 1 is 1.12 bits per heavy atom. The molecule has 4 aromatic rings. The maximum Gasteiger partial charge on any atom is 0.387 e. The normalized spacial score (nSPS) is 13.7. The van der Waals surface area contributed by atoms with Gasteiger partial charge in [0.2, 0.25) is 0 Å². The first-order chi connectivity index (χ1) is 19.3. The van der Waals surface area contributed by atoms with E-state index in [2.05, 4.69) is 0 Å². The highest BCUT2D eigenvalue weighted by molar-refractivity contribution is 7.62. The number of hydrogen-bond acceptors (Lipinski definition) is 5. The zero-order valence-electron chi connectivity index (χ0n) is 24.3. The van der Waals surface area contributed by atoms with Crippen LogP contribution in [0.5, 0.6) is 5.75 Å². The standard InChI is InChI=1S/C31H35F3N3O3P/c1-8-26(36(4)5)30-35-25-13-12-20(22-16-24(32)23(14-18(22)2)19(3)41(6,7)39)15-27(25)37(30)29-21(17-38)10-9-11-28(29)40-31(33)34/h9-17,19,26,31H,8H2,1-7H3. The van der Waals surface area contributed by atoms with Crippen LogP contribution in [0.1, 0.15) is 59.3 Å². The number of para-hydroxylation sites is 1. The molecule has 218 valence electrons. The molecule has 2 atom stereocenters. The molecule has 3 aromatic carbocycles. The molecule has 2 unspecified atom stereocenters.